The van der Waals surface area contributed by atoms with E-state index in [2.05, 4.69) is 21.9 Å². The normalized spacial score (nSPS) is 11.2. The number of carbonyl (C=O) groups is 1. The number of benzene rings is 1. The van der Waals surface area contributed by atoms with Crippen LogP contribution in [0.15, 0.2) is 42.6 Å². The van der Waals surface area contributed by atoms with Crippen molar-refractivity contribution in [2.24, 2.45) is 0 Å². The van der Waals surface area contributed by atoms with Gasteiger partial charge >= 0.3 is 0 Å². The van der Waals surface area contributed by atoms with Crippen molar-refractivity contribution in [3.05, 3.63) is 59.4 Å². The van der Waals surface area contributed by atoms with Gasteiger partial charge in [0.15, 0.2) is 0 Å². The van der Waals surface area contributed by atoms with Crippen LogP contribution < -0.4 is 9.64 Å². The zero-order valence-electron chi connectivity index (χ0n) is 20.5. The van der Waals surface area contributed by atoms with E-state index in [0.717, 1.165) is 35.0 Å². The maximum atomic E-state index is 13.0. The number of aryl methyl sites for hydroxylation is 1. The van der Waals surface area contributed by atoms with Crippen LogP contribution in [-0.4, -0.2) is 86.7 Å². The zero-order chi connectivity index (χ0) is 24.0. The number of pyridine rings is 1. The van der Waals surface area contributed by atoms with Gasteiger partial charge in [0.2, 0.25) is 0 Å². The lowest BCUT2D eigenvalue weighted by Gasteiger charge is -2.25. The van der Waals surface area contributed by atoms with Crippen LogP contribution in [0.25, 0.3) is 5.65 Å². The molecule has 0 bridgehead atoms. The average Bonchev–Trinajstić information content (AvgIpc) is 3.14. The fraction of sp³-hybridized carbons (Fsp3) is 0.440. The number of amides is 1. The van der Waals surface area contributed by atoms with E-state index < -0.39 is 0 Å². The third kappa shape index (κ3) is 6.03. The molecule has 1 amide bonds. The molecule has 0 fully saturated rings. The molecule has 0 radical (unpaired) electrons. The van der Waals surface area contributed by atoms with Crippen LogP contribution in [0.3, 0.4) is 0 Å². The third-order valence-corrected chi connectivity index (χ3v) is 5.63. The first-order chi connectivity index (χ1) is 15.8. The summed E-state index contributed by atoms with van der Waals surface area (Å²) in [5.74, 6) is 1.79. The minimum atomic E-state index is -0.00495. The Bertz CT molecular complexity index is 1060. The molecule has 178 valence electrons. The van der Waals surface area contributed by atoms with Crippen LogP contribution in [-0.2, 0) is 11.3 Å². The van der Waals surface area contributed by atoms with E-state index in [1.807, 2.05) is 62.9 Å². The first kappa shape index (κ1) is 24.5. The molecule has 0 aliphatic heterocycles. The number of methoxy groups -OCH3 is 2. The number of hydrogen-bond acceptors (Lipinski definition) is 6. The Labute approximate surface area is 196 Å². The highest BCUT2D eigenvalue weighted by atomic mass is 16.5. The molecule has 0 N–H and O–H groups in total. The van der Waals surface area contributed by atoms with Crippen LogP contribution in [0.4, 0.5) is 5.82 Å². The molecule has 0 aliphatic rings. The molecular weight excluding hydrogens is 418 g/mol. The fourth-order valence-corrected chi connectivity index (χ4v) is 3.74. The lowest BCUT2D eigenvalue weighted by atomic mass is 10.2. The van der Waals surface area contributed by atoms with Gasteiger partial charge in [0.05, 0.1) is 25.0 Å². The van der Waals surface area contributed by atoms with Gasteiger partial charge in [-0.1, -0.05) is 12.1 Å². The van der Waals surface area contributed by atoms with Gasteiger partial charge in [-0.25, -0.2) is 4.98 Å². The zero-order valence-corrected chi connectivity index (χ0v) is 20.5. The standard InChI is InChI=1S/C25H35N5O3/c1-19-24(29(15-16-32-5)17-20-7-10-22(33-6)11-8-20)30-18-21(9-12-23(30)26-19)25(31)28(4)14-13-27(2)3/h7-12,18H,13-17H2,1-6H3. The van der Waals surface area contributed by atoms with Gasteiger partial charge in [-0.15, -0.1) is 0 Å². The molecule has 0 spiro atoms. The van der Waals surface area contributed by atoms with Gasteiger partial charge in [0.25, 0.3) is 5.91 Å². The summed E-state index contributed by atoms with van der Waals surface area (Å²) >= 11 is 0. The number of carbonyl (C=O) groups excluding carboxylic acids is 1. The minimum Gasteiger partial charge on any atom is -0.497 e. The van der Waals surface area contributed by atoms with Crippen molar-refractivity contribution < 1.29 is 14.3 Å². The number of hydrogen-bond donors (Lipinski definition) is 0. The highest BCUT2D eigenvalue weighted by Crippen LogP contribution is 2.25. The van der Waals surface area contributed by atoms with Crippen LogP contribution in [0.5, 0.6) is 5.75 Å². The number of fused-ring (bicyclic) bond motifs is 1. The Kier molecular flexibility index (Phi) is 8.30. The van der Waals surface area contributed by atoms with E-state index in [-0.39, 0.29) is 5.91 Å². The van der Waals surface area contributed by atoms with Gasteiger partial charge < -0.3 is 24.2 Å². The van der Waals surface area contributed by atoms with Crippen molar-refractivity contribution in [2.45, 2.75) is 13.5 Å². The molecule has 0 saturated heterocycles. The summed E-state index contributed by atoms with van der Waals surface area (Å²) in [5.41, 5.74) is 3.51. The van der Waals surface area contributed by atoms with Crippen molar-refractivity contribution in [3.8, 4) is 5.75 Å². The predicted octanol–water partition coefficient (Wildman–Crippen LogP) is 2.94. The molecule has 33 heavy (non-hydrogen) atoms. The topological polar surface area (TPSA) is 62.6 Å². The number of nitrogens with zero attached hydrogens (tertiary/aromatic N) is 5. The van der Waals surface area contributed by atoms with Crippen molar-refractivity contribution in [2.75, 3.05) is 66.5 Å². The maximum absolute atomic E-state index is 13.0. The quantitative estimate of drug-likeness (QED) is 0.445. The second-order valence-electron chi connectivity index (χ2n) is 8.46. The fourth-order valence-electron chi connectivity index (χ4n) is 3.74. The molecule has 3 rings (SSSR count). The van der Waals surface area contributed by atoms with E-state index in [4.69, 9.17) is 14.5 Å². The second kappa shape index (κ2) is 11.2. The largest absolute Gasteiger partial charge is 0.497 e. The molecule has 0 atom stereocenters. The number of likely N-dealkylation sites (N-methyl/N-ethyl adjacent to an activating group) is 2. The summed E-state index contributed by atoms with van der Waals surface area (Å²) in [5, 5.41) is 0. The van der Waals surface area contributed by atoms with E-state index in [1.165, 1.54) is 0 Å². The van der Waals surface area contributed by atoms with Gasteiger partial charge in [0, 0.05) is 46.5 Å². The maximum Gasteiger partial charge on any atom is 0.255 e. The molecule has 2 aromatic heterocycles. The summed E-state index contributed by atoms with van der Waals surface area (Å²) < 4.78 is 12.7. The van der Waals surface area contributed by atoms with Crippen molar-refractivity contribution >= 4 is 17.4 Å². The van der Waals surface area contributed by atoms with E-state index in [0.29, 0.717) is 31.8 Å². The number of ether oxygens (including phenoxy) is 2. The van der Waals surface area contributed by atoms with Crippen LogP contribution in [0.2, 0.25) is 0 Å². The molecule has 0 saturated carbocycles. The highest BCUT2D eigenvalue weighted by molar-refractivity contribution is 5.94. The number of rotatable bonds is 11. The molecule has 0 unspecified atom stereocenters. The summed E-state index contributed by atoms with van der Waals surface area (Å²) in [6.07, 6.45) is 1.90. The Morgan fingerprint density at radius 3 is 2.36 bits per heavy atom. The smallest absolute Gasteiger partial charge is 0.255 e. The monoisotopic (exact) mass is 453 g/mol. The van der Waals surface area contributed by atoms with Gasteiger partial charge in [-0.3, -0.25) is 9.20 Å². The first-order valence-corrected chi connectivity index (χ1v) is 11.1. The molecule has 8 nitrogen and oxygen atoms in total. The van der Waals surface area contributed by atoms with Gasteiger partial charge in [-0.05, 0) is 50.8 Å². The van der Waals surface area contributed by atoms with Gasteiger partial charge in [0.1, 0.15) is 17.2 Å². The summed E-state index contributed by atoms with van der Waals surface area (Å²) in [4.78, 5) is 23.8. The van der Waals surface area contributed by atoms with E-state index >= 15 is 0 Å². The van der Waals surface area contributed by atoms with Crippen molar-refractivity contribution in [3.63, 3.8) is 0 Å². The van der Waals surface area contributed by atoms with E-state index in [1.54, 1.807) is 19.1 Å². The molecular formula is C25H35N5O3. The Morgan fingerprint density at radius 2 is 1.73 bits per heavy atom. The molecule has 8 heteroatoms. The Balaban J connectivity index is 1.94. The first-order valence-electron chi connectivity index (χ1n) is 11.1. The lowest BCUT2D eigenvalue weighted by molar-refractivity contribution is 0.0786. The van der Waals surface area contributed by atoms with Crippen LogP contribution in [0, 0.1) is 6.92 Å². The molecule has 1 aromatic carbocycles. The number of aromatic nitrogens is 2. The highest BCUT2D eigenvalue weighted by Gasteiger charge is 2.19. The lowest BCUT2D eigenvalue weighted by Crippen LogP contribution is -2.33. The number of imidazole rings is 1. The van der Waals surface area contributed by atoms with Crippen molar-refractivity contribution in [1.29, 1.82) is 0 Å². The Hall–Kier alpha value is -3.10. The van der Waals surface area contributed by atoms with Gasteiger partial charge in [-0.2, -0.15) is 0 Å². The minimum absolute atomic E-state index is 0.00495. The third-order valence-electron chi connectivity index (χ3n) is 5.63. The summed E-state index contributed by atoms with van der Waals surface area (Å²) in [7, 11) is 9.21. The van der Waals surface area contributed by atoms with E-state index in [9.17, 15) is 4.79 Å². The Morgan fingerprint density at radius 1 is 1.00 bits per heavy atom. The van der Waals surface area contributed by atoms with Crippen LogP contribution in [0.1, 0.15) is 21.6 Å². The molecule has 0 aliphatic carbocycles. The SMILES string of the molecule is COCCN(Cc1ccc(OC)cc1)c1c(C)nc2ccc(C(=O)N(C)CCN(C)C)cn12. The van der Waals surface area contributed by atoms with Crippen molar-refractivity contribution in [1.82, 2.24) is 19.2 Å². The van der Waals surface area contributed by atoms with Crippen LogP contribution >= 0.6 is 0 Å². The summed E-state index contributed by atoms with van der Waals surface area (Å²) in [6, 6.07) is 11.8. The molecule has 2 heterocycles. The predicted molar refractivity (Wildman–Crippen MR) is 131 cm³/mol. The summed E-state index contributed by atoms with van der Waals surface area (Å²) in [6.45, 7) is 5.43. The molecule has 3 aromatic rings. The second-order valence-corrected chi connectivity index (χ2v) is 8.46. The average molecular weight is 454 g/mol. The number of anilines is 1.